The van der Waals surface area contributed by atoms with Gasteiger partial charge in [-0.1, -0.05) is 60.4 Å². The maximum absolute atomic E-state index is 5.31. The van der Waals surface area contributed by atoms with Crippen molar-refractivity contribution in [3.05, 3.63) is 48.6 Å². The molecule has 1 aliphatic heterocycles. The van der Waals surface area contributed by atoms with E-state index in [4.69, 9.17) is 12.2 Å². The first-order valence-electron chi connectivity index (χ1n) is 4.67. The molecular weight excluding hydrogens is 222 g/mol. The highest BCUT2D eigenvalue weighted by molar-refractivity contribution is 8.34. The van der Waals surface area contributed by atoms with E-state index < -0.39 is 0 Å². The van der Waals surface area contributed by atoms with Crippen LogP contribution < -0.4 is 0 Å². The largest absolute Gasteiger partial charge is 0.261 e. The minimum Gasteiger partial charge on any atom is -0.261 e. The fourth-order valence-corrected chi connectivity index (χ4v) is 2.67. The summed E-state index contributed by atoms with van der Waals surface area (Å²) in [5.41, 5.74) is 0.737. The third kappa shape index (κ3) is 1.90. The second kappa shape index (κ2) is 3.91. The first-order valence-corrected chi connectivity index (χ1v) is 5.89. The summed E-state index contributed by atoms with van der Waals surface area (Å²) in [5, 5.41) is 0.989. The molecule has 0 fully saturated rings. The van der Waals surface area contributed by atoms with E-state index in [1.807, 2.05) is 37.3 Å². The smallest absolute Gasteiger partial charge is 0.118 e. The maximum atomic E-state index is 5.31. The van der Waals surface area contributed by atoms with Crippen LogP contribution in [0.3, 0.4) is 0 Å². The van der Waals surface area contributed by atoms with Crippen LogP contribution >= 0.6 is 24.0 Å². The highest BCUT2D eigenvalue weighted by atomic mass is 32.2. The molecule has 0 N–H and O–H groups in total. The Balaban J connectivity index is 2.39. The van der Waals surface area contributed by atoms with Crippen LogP contribution in [0.2, 0.25) is 0 Å². The summed E-state index contributed by atoms with van der Waals surface area (Å²) in [6.45, 7) is 5.78. The van der Waals surface area contributed by atoms with Crippen LogP contribution in [0, 0.1) is 0 Å². The first kappa shape index (κ1) is 10.6. The number of rotatable bonds is 2. The molecule has 0 bridgehead atoms. The molecule has 0 radical (unpaired) electrons. The summed E-state index contributed by atoms with van der Waals surface area (Å²) in [4.78, 5) is 4.61. The minimum absolute atomic E-state index is 0.384. The average molecular weight is 233 g/mol. The van der Waals surface area contributed by atoms with Crippen molar-refractivity contribution in [3.63, 3.8) is 0 Å². The highest BCUT2D eigenvalue weighted by Crippen LogP contribution is 2.34. The molecule has 0 spiro atoms. The summed E-state index contributed by atoms with van der Waals surface area (Å²) in [6.07, 6.45) is 1.80. The maximum Gasteiger partial charge on any atom is 0.118 e. The molecule has 0 aromatic heterocycles. The van der Waals surface area contributed by atoms with Crippen molar-refractivity contribution >= 4 is 33.2 Å². The first-order chi connectivity index (χ1) is 7.15. The topological polar surface area (TPSA) is 12.4 Å². The molecule has 1 atom stereocenters. The number of nitrogens with zero attached hydrogens (tertiary/aromatic N) is 1. The lowest BCUT2D eigenvalue weighted by Gasteiger charge is -2.12. The van der Waals surface area contributed by atoms with Gasteiger partial charge < -0.3 is 0 Å². The van der Waals surface area contributed by atoms with Crippen LogP contribution in [0.1, 0.15) is 12.5 Å². The van der Waals surface area contributed by atoms with Crippen molar-refractivity contribution in [2.75, 3.05) is 0 Å². The van der Waals surface area contributed by atoms with Crippen LogP contribution in [-0.2, 0) is 0 Å². The van der Waals surface area contributed by atoms with Gasteiger partial charge in [0.05, 0.1) is 4.20 Å². The fraction of sp³-hybridized carbons (Fsp3) is 0.167. The molecule has 2 rings (SSSR count). The number of hydrogen-bond donors (Lipinski definition) is 0. The van der Waals surface area contributed by atoms with E-state index in [0.717, 1.165) is 14.8 Å². The normalized spacial score (nSPS) is 25.1. The summed E-state index contributed by atoms with van der Waals surface area (Å²) in [7, 11) is 0. The van der Waals surface area contributed by atoms with Gasteiger partial charge in [-0.25, -0.2) is 0 Å². The van der Waals surface area contributed by atoms with Gasteiger partial charge >= 0.3 is 0 Å². The van der Waals surface area contributed by atoms with Gasteiger partial charge in [-0.3, -0.25) is 4.99 Å². The minimum atomic E-state index is -0.384. The molecule has 0 amide bonds. The summed E-state index contributed by atoms with van der Waals surface area (Å²) >= 11 is 6.87. The van der Waals surface area contributed by atoms with Crippen molar-refractivity contribution in [3.8, 4) is 0 Å². The number of thioether (sulfide) groups is 1. The predicted octanol–water partition coefficient (Wildman–Crippen LogP) is 3.45. The molecule has 3 heteroatoms. The Kier molecular flexibility index (Phi) is 2.76. The number of thiocarbonyl (C=S) groups is 1. The van der Waals surface area contributed by atoms with E-state index in [9.17, 15) is 0 Å². The van der Waals surface area contributed by atoms with E-state index in [1.165, 1.54) is 0 Å². The van der Waals surface area contributed by atoms with Crippen molar-refractivity contribution in [1.82, 2.24) is 0 Å². The average Bonchev–Trinajstić information content (AvgIpc) is 2.58. The lowest BCUT2D eigenvalue weighted by Crippen LogP contribution is -2.22. The third-order valence-corrected chi connectivity index (χ3v) is 4.14. The lowest BCUT2D eigenvalue weighted by molar-refractivity contribution is 0.818. The number of aliphatic imine (C=N–C) groups is 1. The molecule has 0 aliphatic carbocycles. The zero-order chi connectivity index (χ0) is 10.9. The summed E-state index contributed by atoms with van der Waals surface area (Å²) < 4.78 is 0.872. The molecule has 1 unspecified atom stereocenters. The van der Waals surface area contributed by atoms with Crippen LogP contribution in [0.4, 0.5) is 0 Å². The Morgan fingerprint density at radius 3 is 2.60 bits per heavy atom. The quantitative estimate of drug-likeness (QED) is 0.573. The molecule has 15 heavy (non-hydrogen) atoms. The van der Waals surface area contributed by atoms with Crippen LogP contribution in [0.15, 0.2) is 48.0 Å². The monoisotopic (exact) mass is 233 g/mol. The van der Waals surface area contributed by atoms with Crippen LogP contribution in [0.25, 0.3) is 0 Å². The van der Waals surface area contributed by atoms with E-state index in [1.54, 1.807) is 17.8 Å². The molecule has 1 heterocycles. The van der Waals surface area contributed by atoms with Gasteiger partial charge in [0.25, 0.3) is 0 Å². The lowest BCUT2D eigenvalue weighted by atomic mass is 10.1. The van der Waals surface area contributed by atoms with Gasteiger partial charge in [0.2, 0.25) is 0 Å². The van der Waals surface area contributed by atoms with Crippen molar-refractivity contribution in [2.24, 2.45) is 4.99 Å². The Morgan fingerprint density at radius 2 is 2.07 bits per heavy atom. The van der Waals surface area contributed by atoms with Crippen LogP contribution in [-0.4, -0.2) is 14.8 Å². The Labute approximate surface area is 99.3 Å². The molecule has 76 valence electrons. The Morgan fingerprint density at radius 1 is 1.40 bits per heavy atom. The SMILES string of the molecule is C=CC1(C)N=C(c2ccccc2)SC1=S. The van der Waals surface area contributed by atoms with E-state index in [-0.39, 0.29) is 5.54 Å². The molecule has 1 aliphatic rings. The van der Waals surface area contributed by atoms with Crippen LogP contribution in [0.5, 0.6) is 0 Å². The molecule has 1 nitrogen and oxygen atoms in total. The Bertz CT molecular complexity index is 436. The predicted molar refractivity (Wildman–Crippen MR) is 71.8 cm³/mol. The van der Waals surface area contributed by atoms with Gasteiger partial charge in [-0.15, -0.1) is 6.58 Å². The second-order valence-electron chi connectivity index (χ2n) is 3.52. The van der Waals surface area contributed by atoms with Gasteiger partial charge in [-0.2, -0.15) is 0 Å². The van der Waals surface area contributed by atoms with Crippen molar-refractivity contribution in [1.29, 1.82) is 0 Å². The van der Waals surface area contributed by atoms with Gasteiger partial charge in [0.1, 0.15) is 10.6 Å². The van der Waals surface area contributed by atoms with Crippen molar-refractivity contribution < 1.29 is 0 Å². The van der Waals surface area contributed by atoms with E-state index in [0.29, 0.717) is 0 Å². The molecular formula is C12H11NS2. The van der Waals surface area contributed by atoms with E-state index in [2.05, 4.69) is 11.6 Å². The molecule has 1 aromatic carbocycles. The third-order valence-electron chi connectivity index (χ3n) is 2.35. The fourth-order valence-electron chi connectivity index (χ4n) is 1.30. The van der Waals surface area contributed by atoms with Gasteiger partial charge in [0.15, 0.2) is 0 Å². The molecule has 0 saturated carbocycles. The second-order valence-corrected chi connectivity index (χ2v) is 5.19. The Hall–Kier alpha value is -0.930. The van der Waals surface area contributed by atoms with Crippen molar-refractivity contribution in [2.45, 2.75) is 12.5 Å². The zero-order valence-electron chi connectivity index (χ0n) is 8.43. The van der Waals surface area contributed by atoms with E-state index >= 15 is 0 Å². The zero-order valence-corrected chi connectivity index (χ0v) is 10.1. The number of benzene rings is 1. The molecule has 0 saturated heterocycles. The standard InChI is InChI=1S/C12H11NS2/c1-3-12(2)11(14)15-10(13-12)9-7-5-4-6-8-9/h3-8H,1H2,2H3. The molecule has 1 aromatic rings. The van der Waals surface area contributed by atoms with Gasteiger partial charge in [-0.05, 0) is 6.92 Å². The number of hydrogen-bond acceptors (Lipinski definition) is 3. The summed E-state index contributed by atoms with van der Waals surface area (Å²) in [5.74, 6) is 0. The highest BCUT2D eigenvalue weighted by Gasteiger charge is 2.33. The van der Waals surface area contributed by atoms with Gasteiger partial charge in [0, 0.05) is 5.56 Å². The summed E-state index contributed by atoms with van der Waals surface area (Å²) in [6, 6.07) is 10.1.